The number of hydrogen-bond donors (Lipinski definition) is 2. The van der Waals surface area contributed by atoms with Gasteiger partial charge in [-0.15, -0.1) is 0 Å². The number of nitrogens with two attached hydrogens (primary N) is 1. The zero-order valence-electron chi connectivity index (χ0n) is 11.3. The van der Waals surface area contributed by atoms with Gasteiger partial charge in [0, 0.05) is 5.92 Å². The summed E-state index contributed by atoms with van der Waals surface area (Å²) >= 11 is 0. The number of carboxylic acids is 1. The molecule has 0 fully saturated rings. The Hall–Kier alpha value is -2.13. The highest BCUT2D eigenvalue weighted by atomic mass is 16.4. The van der Waals surface area contributed by atoms with Gasteiger partial charge in [0.15, 0.2) is 0 Å². The third kappa shape index (κ3) is 1.91. The van der Waals surface area contributed by atoms with Crippen LogP contribution >= 0.6 is 0 Å². The van der Waals surface area contributed by atoms with Crippen molar-refractivity contribution in [1.29, 1.82) is 0 Å². The molecule has 2 aromatic carbocycles. The fourth-order valence-corrected chi connectivity index (χ4v) is 3.02. The van der Waals surface area contributed by atoms with Crippen LogP contribution in [0.5, 0.6) is 0 Å². The quantitative estimate of drug-likeness (QED) is 0.767. The molecule has 2 atom stereocenters. The maximum absolute atomic E-state index is 11.1. The average molecular weight is 267 g/mol. The van der Waals surface area contributed by atoms with E-state index < -0.39 is 12.0 Å². The Bertz CT molecular complexity index is 678. The summed E-state index contributed by atoms with van der Waals surface area (Å²) in [5.74, 6) is -1.15. The molecule has 102 valence electrons. The van der Waals surface area contributed by atoms with Gasteiger partial charge in [0.05, 0.1) is 0 Å². The topological polar surface area (TPSA) is 63.3 Å². The summed E-state index contributed by atoms with van der Waals surface area (Å²) in [5, 5.41) is 9.11. The van der Waals surface area contributed by atoms with Crippen LogP contribution in [0.25, 0.3) is 11.1 Å². The Morgan fingerprint density at radius 2 is 1.85 bits per heavy atom. The van der Waals surface area contributed by atoms with Crippen LogP contribution in [0.2, 0.25) is 0 Å². The van der Waals surface area contributed by atoms with Crippen LogP contribution in [0.15, 0.2) is 42.5 Å². The van der Waals surface area contributed by atoms with Gasteiger partial charge in [-0.05, 0) is 34.2 Å². The molecule has 0 bridgehead atoms. The van der Waals surface area contributed by atoms with Crippen molar-refractivity contribution in [2.75, 3.05) is 0 Å². The lowest BCUT2D eigenvalue weighted by molar-refractivity contribution is -0.139. The summed E-state index contributed by atoms with van der Waals surface area (Å²) < 4.78 is 0. The van der Waals surface area contributed by atoms with E-state index in [4.69, 9.17) is 10.8 Å². The van der Waals surface area contributed by atoms with Gasteiger partial charge >= 0.3 is 5.97 Å². The maximum atomic E-state index is 11.1. The van der Waals surface area contributed by atoms with E-state index in [2.05, 4.69) is 18.2 Å². The summed E-state index contributed by atoms with van der Waals surface area (Å²) in [6, 6.07) is 13.5. The Morgan fingerprint density at radius 3 is 2.60 bits per heavy atom. The minimum Gasteiger partial charge on any atom is -0.480 e. The lowest BCUT2D eigenvalue weighted by Crippen LogP contribution is -2.35. The first-order valence-electron chi connectivity index (χ1n) is 6.78. The fourth-order valence-electron chi connectivity index (χ4n) is 3.02. The Morgan fingerprint density at radius 1 is 1.15 bits per heavy atom. The lowest BCUT2D eigenvalue weighted by atomic mass is 9.88. The zero-order chi connectivity index (χ0) is 14.3. The first-order valence-corrected chi connectivity index (χ1v) is 6.78. The molecule has 3 N–H and O–H groups in total. The SMILES string of the molecule is C[C@H](c1cccc2c1Cc1ccccc1-2)[C@H](N)C(=O)O. The largest absolute Gasteiger partial charge is 0.480 e. The molecule has 1 aliphatic rings. The van der Waals surface area contributed by atoms with E-state index in [0.717, 1.165) is 12.0 Å². The molecule has 0 saturated heterocycles. The van der Waals surface area contributed by atoms with Gasteiger partial charge in [-0.3, -0.25) is 4.79 Å². The van der Waals surface area contributed by atoms with Gasteiger partial charge in [-0.1, -0.05) is 49.4 Å². The molecule has 0 heterocycles. The first-order chi connectivity index (χ1) is 9.59. The van der Waals surface area contributed by atoms with Crippen LogP contribution in [0.1, 0.15) is 29.5 Å². The van der Waals surface area contributed by atoms with E-state index in [1.54, 1.807) is 0 Å². The van der Waals surface area contributed by atoms with Crippen molar-refractivity contribution in [2.24, 2.45) is 5.73 Å². The fraction of sp³-hybridized carbons (Fsp3) is 0.235. The van der Waals surface area contributed by atoms with Crippen molar-refractivity contribution in [1.82, 2.24) is 0 Å². The van der Waals surface area contributed by atoms with Crippen LogP contribution in [0, 0.1) is 0 Å². The third-order valence-corrected chi connectivity index (χ3v) is 4.20. The Balaban J connectivity index is 2.07. The van der Waals surface area contributed by atoms with Crippen LogP contribution in [0.4, 0.5) is 0 Å². The molecule has 3 rings (SSSR count). The molecule has 0 unspecified atom stereocenters. The second-order valence-corrected chi connectivity index (χ2v) is 5.36. The third-order valence-electron chi connectivity index (χ3n) is 4.20. The highest BCUT2D eigenvalue weighted by Gasteiger charge is 2.27. The highest BCUT2D eigenvalue weighted by Crippen LogP contribution is 2.40. The number of carboxylic acid groups (broad SMARTS) is 1. The molecular weight excluding hydrogens is 250 g/mol. The smallest absolute Gasteiger partial charge is 0.321 e. The molecule has 20 heavy (non-hydrogen) atoms. The van der Waals surface area contributed by atoms with Gasteiger partial charge in [0.25, 0.3) is 0 Å². The molecule has 0 amide bonds. The van der Waals surface area contributed by atoms with E-state index >= 15 is 0 Å². The van der Waals surface area contributed by atoms with Gasteiger partial charge in [0.2, 0.25) is 0 Å². The number of carbonyl (C=O) groups is 1. The monoisotopic (exact) mass is 267 g/mol. The lowest BCUT2D eigenvalue weighted by Gasteiger charge is -2.19. The van der Waals surface area contributed by atoms with Crippen molar-refractivity contribution in [3.8, 4) is 11.1 Å². The summed E-state index contributed by atoms with van der Waals surface area (Å²) in [7, 11) is 0. The second-order valence-electron chi connectivity index (χ2n) is 5.36. The molecule has 3 heteroatoms. The predicted octanol–water partition coefficient (Wildman–Crippen LogP) is 2.77. The van der Waals surface area contributed by atoms with Gasteiger partial charge in [-0.2, -0.15) is 0 Å². The number of hydrogen-bond acceptors (Lipinski definition) is 2. The molecular formula is C17H17NO2. The second kappa shape index (κ2) is 4.76. The molecule has 0 saturated carbocycles. The Kier molecular flexibility index (Phi) is 3.07. The van der Waals surface area contributed by atoms with Crippen molar-refractivity contribution in [3.63, 3.8) is 0 Å². The zero-order valence-corrected chi connectivity index (χ0v) is 11.3. The number of benzene rings is 2. The standard InChI is InChI=1S/C17H17NO2/c1-10(16(18)17(19)20)12-7-4-8-14-13-6-3-2-5-11(13)9-15(12)14/h2-8,10,16H,9,18H2,1H3,(H,19,20)/t10-,16+/m1/s1. The minimum absolute atomic E-state index is 0.197. The number of rotatable bonds is 3. The highest BCUT2D eigenvalue weighted by molar-refractivity contribution is 5.79. The van der Waals surface area contributed by atoms with Crippen LogP contribution < -0.4 is 5.73 Å². The van der Waals surface area contributed by atoms with Crippen LogP contribution in [-0.4, -0.2) is 17.1 Å². The van der Waals surface area contributed by atoms with E-state index in [0.29, 0.717) is 0 Å². The van der Waals surface area contributed by atoms with Crippen LogP contribution in [-0.2, 0) is 11.2 Å². The van der Waals surface area contributed by atoms with E-state index in [1.807, 2.05) is 31.2 Å². The summed E-state index contributed by atoms with van der Waals surface area (Å²) in [4.78, 5) is 11.1. The van der Waals surface area contributed by atoms with Gasteiger partial charge in [0.1, 0.15) is 6.04 Å². The summed E-state index contributed by atoms with van der Waals surface area (Å²) in [6.45, 7) is 1.89. The Labute approximate surface area is 118 Å². The van der Waals surface area contributed by atoms with E-state index in [9.17, 15) is 4.79 Å². The molecule has 0 radical (unpaired) electrons. The molecule has 0 spiro atoms. The number of fused-ring (bicyclic) bond motifs is 3. The maximum Gasteiger partial charge on any atom is 0.321 e. The van der Waals surface area contributed by atoms with E-state index in [1.165, 1.54) is 22.3 Å². The normalized spacial score (nSPS) is 15.3. The summed E-state index contributed by atoms with van der Waals surface area (Å²) in [6.07, 6.45) is 0.859. The van der Waals surface area contributed by atoms with Gasteiger partial charge in [-0.25, -0.2) is 0 Å². The molecule has 1 aliphatic carbocycles. The van der Waals surface area contributed by atoms with Crippen molar-refractivity contribution < 1.29 is 9.90 Å². The first kappa shape index (κ1) is 12.9. The van der Waals surface area contributed by atoms with E-state index in [-0.39, 0.29) is 5.92 Å². The summed E-state index contributed by atoms with van der Waals surface area (Å²) in [5.41, 5.74) is 11.8. The predicted molar refractivity (Wildman–Crippen MR) is 78.7 cm³/mol. The molecule has 2 aromatic rings. The molecule has 0 aliphatic heterocycles. The minimum atomic E-state index is -0.953. The average Bonchev–Trinajstić information content (AvgIpc) is 2.84. The van der Waals surface area contributed by atoms with Crippen molar-refractivity contribution in [3.05, 3.63) is 59.2 Å². The van der Waals surface area contributed by atoms with Crippen LogP contribution in [0.3, 0.4) is 0 Å². The van der Waals surface area contributed by atoms with Gasteiger partial charge < -0.3 is 10.8 Å². The van der Waals surface area contributed by atoms with Crippen molar-refractivity contribution >= 4 is 5.97 Å². The molecule has 0 aromatic heterocycles. The molecule has 3 nitrogen and oxygen atoms in total. The number of aliphatic carboxylic acids is 1. The van der Waals surface area contributed by atoms with Crippen molar-refractivity contribution in [2.45, 2.75) is 25.3 Å².